The van der Waals surface area contributed by atoms with Gasteiger partial charge in [-0.3, -0.25) is 0 Å². The molecule has 0 N–H and O–H groups in total. The van der Waals surface area contributed by atoms with Crippen LogP contribution in [0.3, 0.4) is 0 Å². The first kappa shape index (κ1) is 16.9. The highest BCUT2D eigenvalue weighted by atomic mass is 16.6. The molecule has 0 saturated carbocycles. The molecule has 1 aromatic carbocycles. The predicted octanol–water partition coefficient (Wildman–Crippen LogP) is 2.75. The van der Waals surface area contributed by atoms with Crippen molar-refractivity contribution in [2.75, 3.05) is 13.2 Å². The van der Waals surface area contributed by atoms with Gasteiger partial charge >= 0.3 is 11.9 Å². The van der Waals surface area contributed by atoms with Crippen LogP contribution in [0.25, 0.3) is 0 Å². The highest BCUT2D eigenvalue weighted by Gasteiger charge is 2.16. The first-order chi connectivity index (χ1) is 10.1. The molecule has 0 radical (unpaired) electrons. The Labute approximate surface area is 124 Å². The quantitative estimate of drug-likeness (QED) is 0.319. The summed E-state index contributed by atoms with van der Waals surface area (Å²) >= 11 is 0. The average molecular weight is 292 g/mol. The van der Waals surface area contributed by atoms with Crippen molar-refractivity contribution in [3.05, 3.63) is 42.5 Å². The van der Waals surface area contributed by atoms with Crippen LogP contribution in [0.1, 0.15) is 30.6 Å². The molecule has 21 heavy (non-hydrogen) atoms. The van der Waals surface area contributed by atoms with Crippen molar-refractivity contribution in [1.29, 1.82) is 0 Å². The minimum Gasteiger partial charge on any atom is -0.462 e. The summed E-state index contributed by atoms with van der Waals surface area (Å²) in [6, 6.07) is 6.18. The van der Waals surface area contributed by atoms with Gasteiger partial charge < -0.3 is 14.2 Å². The van der Waals surface area contributed by atoms with Crippen LogP contribution in [-0.2, 0) is 14.3 Å². The SMILES string of the molecule is C=CCCOC(C)C(=O)Oc1ccc(C(=O)OCC)cc1. The molecule has 0 fully saturated rings. The highest BCUT2D eigenvalue weighted by molar-refractivity contribution is 5.89. The second-order valence-corrected chi connectivity index (χ2v) is 4.26. The number of rotatable bonds is 8. The van der Waals surface area contributed by atoms with Crippen molar-refractivity contribution >= 4 is 11.9 Å². The maximum absolute atomic E-state index is 11.8. The third-order valence-corrected chi connectivity index (χ3v) is 2.61. The van der Waals surface area contributed by atoms with Gasteiger partial charge in [0.2, 0.25) is 0 Å². The summed E-state index contributed by atoms with van der Waals surface area (Å²) in [6.07, 6.45) is 1.73. The lowest BCUT2D eigenvalue weighted by atomic mass is 10.2. The van der Waals surface area contributed by atoms with E-state index in [2.05, 4.69) is 6.58 Å². The molecule has 0 spiro atoms. The summed E-state index contributed by atoms with van der Waals surface area (Å²) in [4.78, 5) is 23.2. The molecule has 0 aliphatic carbocycles. The molecule has 5 nitrogen and oxygen atoms in total. The van der Waals surface area contributed by atoms with Gasteiger partial charge in [0, 0.05) is 0 Å². The predicted molar refractivity (Wildman–Crippen MR) is 78.3 cm³/mol. The van der Waals surface area contributed by atoms with Gasteiger partial charge in [-0.2, -0.15) is 0 Å². The Morgan fingerprint density at radius 3 is 2.52 bits per heavy atom. The number of ether oxygens (including phenoxy) is 3. The second kappa shape index (κ2) is 8.92. The van der Waals surface area contributed by atoms with Gasteiger partial charge in [0.25, 0.3) is 0 Å². The molecule has 114 valence electrons. The van der Waals surface area contributed by atoms with Gasteiger partial charge in [-0.05, 0) is 44.5 Å². The van der Waals surface area contributed by atoms with Gasteiger partial charge in [-0.1, -0.05) is 6.08 Å². The van der Waals surface area contributed by atoms with Crippen molar-refractivity contribution in [2.24, 2.45) is 0 Å². The largest absolute Gasteiger partial charge is 0.462 e. The summed E-state index contributed by atoms with van der Waals surface area (Å²) < 4.78 is 15.3. The molecule has 0 aliphatic rings. The Morgan fingerprint density at radius 2 is 1.95 bits per heavy atom. The van der Waals surface area contributed by atoms with Crippen molar-refractivity contribution in [1.82, 2.24) is 0 Å². The van der Waals surface area contributed by atoms with E-state index >= 15 is 0 Å². The molecular formula is C16H20O5. The fraction of sp³-hybridized carbons (Fsp3) is 0.375. The van der Waals surface area contributed by atoms with Crippen LogP contribution in [0, 0.1) is 0 Å². The molecule has 0 aliphatic heterocycles. The van der Waals surface area contributed by atoms with Crippen LogP contribution < -0.4 is 4.74 Å². The molecule has 0 bridgehead atoms. The molecule has 0 aromatic heterocycles. The fourth-order valence-electron chi connectivity index (χ4n) is 1.47. The Morgan fingerprint density at radius 1 is 1.29 bits per heavy atom. The first-order valence-electron chi connectivity index (χ1n) is 6.79. The molecule has 1 rings (SSSR count). The van der Waals surface area contributed by atoms with Gasteiger partial charge in [0.15, 0.2) is 6.10 Å². The maximum Gasteiger partial charge on any atom is 0.340 e. The van der Waals surface area contributed by atoms with Crippen LogP contribution in [0.4, 0.5) is 0 Å². The number of carbonyl (C=O) groups excluding carboxylic acids is 2. The van der Waals surface area contributed by atoms with Crippen LogP contribution in [0.15, 0.2) is 36.9 Å². The van der Waals surface area contributed by atoms with Crippen molar-refractivity contribution in [2.45, 2.75) is 26.4 Å². The summed E-state index contributed by atoms with van der Waals surface area (Å²) in [5.74, 6) is -0.535. The van der Waals surface area contributed by atoms with Gasteiger partial charge in [-0.25, -0.2) is 9.59 Å². The topological polar surface area (TPSA) is 61.8 Å². The first-order valence-corrected chi connectivity index (χ1v) is 6.79. The zero-order valence-corrected chi connectivity index (χ0v) is 12.3. The van der Waals surface area contributed by atoms with Crippen molar-refractivity contribution < 1.29 is 23.8 Å². The smallest absolute Gasteiger partial charge is 0.340 e. The third-order valence-electron chi connectivity index (χ3n) is 2.61. The molecule has 1 aromatic rings. The zero-order chi connectivity index (χ0) is 15.7. The summed E-state index contributed by atoms with van der Waals surface area (Å²) in [5.41, 5.74) is 0.409. The normalized spacial score (nSPS) is 11.5. The number of benzene rings is 1. The maximum atomic E-state index is 11.8. The second-order valence-electron chi connectivity index (χ2n) is 4.26. The van der Waals surface area contributed by atoms with E-state index in [1.807, 2.05) is 0 Å². The van der Waals surface area contributed by atoms with E-state index in [4.69, 9.17) is 14.2 Å². The van der Waals surface area contributed by atoms with Crippen molar-refractivity contribution in [3.63, 3.8) is 0 Å². The van der Waals surface area contributed by atoms with E-state index in [-0.39, 0.29) is 0 Å². The Hall–Kier alpha value is -2.14. The lowest BCUT2D eigenvalue weighted by Crippen LogP contribution is -2.26. The average Bonchev–Trinajstić information content (AvgIpc) is 2.48. The lowest BCUT2D eigenvalue weighted by molar-refractivity contribution is -0.146. The van der Waals surface area contributed by atoms with E-state index in [1.165, 1.54) is 0 Å². The van der Waals surface area contributed by atoms with Crippen molar-refractivity contribution in [3.8, 4) is 5.75 Å². The molecular weight excluding hydrogens is 272 g/mol. The van der Waals surface area contributed by atoms with E-state index < -0.39 is 18.0 Å². The number of hydrogen-bond acceptors (Lipinski definition) is 5. The van der Waals surface area contributed by atoms with Crippen LogP contribution in [-0.4, -0.2) is 31.3 Å². The van der Waals surface area contributed by atoms with Crippen LogP contribution in [0.5, 0.6) is 5.75 Å². The van der Waals surface area contributed by atoms with Gasteiger partial charge in [0.05, 0.1) is 18.8 Å². The zero-order valence-electron chi connectivity index (χ0n) is 12.3. The van der Waals surface area contributed by atoms with Crippen LogP contribution in [0.2, 0.25) is 0 Å². The Bertz CT molecular complexity index is 478. The molecule has 1 unspecified atom stereocenters. The van der Waals surface area contributed by atoms with Gasteiger partial charge in [0.1, 0.15) is 5.75 Å². The minimum atomic E-state index is -0.658. The highest BCUT2D eigenvalue weighted by Crippen LogP contribution is 2.14. The van der Waals surface area contributed by atoms with E-state index in [0.29, 0.717) is 30.9 Å². The minimum absolute atomic E-state index is 0.315. The Balaban J connectivity index is 2.53. The van der Waals surface area contributed by atoms with E-state index in [9.17, 15) is 9.59 Å². The summed E-state index contributed by atoms with van der Waals surface area (Å²) in [6.45, 7) is 7.67. The summed E-state index contributed by atoms with van der Waals surface area (Å²) in [5, 5.41) is 0. The Kier molecular flexibility index (Phi) is 7.18. The molecule has 0 heterocycles. The standard InChI is InChI=1S/C16H20O5/c1-4-6-11-20-12(3)15(17)21-14-9-7-13(8-10-14)16(18)19-5-2/h4,7-10,12H,1,5-6,11H2,2-3H3. The third kappa shape index (κ3) is 5.79. The molecule has 0 saturated heterocycles. The number of carbonyl (C=O) groups is 2. The van der Waals surface area contributed by atoms with Gasteiger partial charge in [-0.15, -0.1) is 6.58 Å². The fourth-order valence-corrected chi connectivity index (χ4v) is 1.47. The number of hydrogen-bond donors (Lipinski definition) is 0. The lowest BCUT2D eigenvalue weighted by Gasteiger charge is -2.12. The van der Waals surface area contributed by atoms with E-state index in [0.717, 1.165) is 0 Å². The number of esters is 2. The van der Waals surface area contributed by atoms with E-state index in [1.54, 1.807) is 44.2 Å². The molecule has 1 atom stereocenters. The molecule has 0 amide bonds. The summed E-state index contributed by atoms with van der Waals surface area (Å²) in [7, 11) is 0. The van der Waals surface area contributed by atoms with Crippen LogP contribution >= 0.6 is 0 Å². The monoisotopic (exact) mass is 292 g/mol. The molecule has 5 heteroatoms.